The zero-order valence-corrected chi connectivity index (χ0v) is 11.7. The molecule has 1 aliphatic heterocycles. The van der Waals surface area contributed by atoms with Crippen LogP contribution in [0, 0.1) is 11.3 Å². The Labute approximate surface area is 124 Å². The molecule has 1 aliphatic rings. The second-order valence-corrected chi connectivity index (χ2v) is 5.30. The van der Waals surface area contributed by atoms with Crippen molar-refractivity contribution in [3.8, 4) is 6.07 Å². The lowest BCUT2D eigenvalue weighted by Gasteiger charge is -2.27. The van der Waals surface area contributed by atoms with Gasteiger partial charge in [0.25, 0.3) is 0 Å². The molecule has 1 N–H and O–H groups in total. The zero-order chi connectivity index (χ0) is 14.7. The molecule has 0 aliphatic carbocycles. The smallest absolute Gasteiger partial charge is 0.0991 e. The lowest BCUT2D eigenvalue weighted by molar-refractivity contribution is 0.00376. The fourth-order valence-corrected chi connectivity index (χ4v) is 2.83. The summed E-state index contributed by atoms with van der Waals surface area (Å²) in [6, 6.07) is 17.4. The maximum absolute atomic E-state index is 10.4. The first-order chi connectivity index (χ1) is 10.3. The predicted molar refractivity (Wildman–Crippen MR) is 79.6 cm³/mol. The summed E-state index contributed by atoms with van der Waals surface area (Å²) in [5, 5.41) is 19.4. The van der Waals surface area contributed by atoms with Crippen molar-refractivity contribution >= 4 is 0 Å². The van der Waals surface area contributed by atoms with E-state index in [9.17, 15) is 5.11 Å². The number of ether oxygens (including phenoxy) is 1. The van der Waals surface area contributed by atoms with E-state index in [1.165, 1.54) is 11.1 Å². The predicted octanol–water partition coefficient (Wildman–Crippen LogP) is 3.30. The molecule has 0 aromatic heterocycles. The van der Waals surface area contributed by atoms with Crippen molar-refractivity contribution in [2.45, 2.75) is 25.0 Å². The van der Waals surface area contributed by atoms with Crippen LogP contribution in [0.5, 0.6) is 0 Å². The lowest BCUT2D eigenvalue weighted by Crippen LogP contribution is -2.18. The molecule has 2 atom stereocenters. The van der Waals surface area contributed by atoms with Crippen LogP contribution in [0.3, 0.4) is 0 Å². The minimum absolute atomic E-state index is 0.0873. The van der Waals surface area contributed by atoms with Crippen molar-refractivity contribution < 1.29 is 9.84 Å². The standard InChI is InChI=1S/C18H17NO2/c19-12-13-4-3-6-15(10-13)17(20)11-18-16-7-2-1-5-14(16)8-9-21-18/h1-7,10,17-18,20H,8-9,11H2. The molecule has 3 heteroatoms. The van der Waals surface area contributed by atoms with E-state index in [1.54, 1.807) is 18.2 Å². The van der Waals surface area contributed by atoms with E-state index in [1.807, 2.05) is 18.2 Å². The quantitative estimate of drug-likeness (QED) is 0.938. The Hall–Kier alpha value is -2.15. The average Bonchev–Trinajstić information content (AvgIpc) is 2.55. The first-order valence-corrected chi connectivity index (χ1v) is 7.15. The molecule has 21 heavy (non-hydrogen) atoms. The summed E-state index contributed by atoms with van der Waals surface area (Å²) in [6.07, 6.45) is 0.712. The molecule has 3 rings (SSSR count). The van der Waals surface area contributed by atoms with E-state index in [2.05, 4.69) is 18.2 Å². The molecule has 0 spiro atoms. The molecule has 1 heterocycles. The van der Waals surface area contributed by atoms with Gasteiger partial charge in [-0.15, -0.1) is 0 Å². The van der Waals surface area contributed by atoms with Crippen molar-refractivity contribution in [2.24, 2.45) is 0 Å². The fraction of sp³-hybridized carbons (Fsp3) is 0.278. The lowest BCUT2D eigenvalue weighted by atomic mass is 9.92. The number of aliphatic hydroxyl groups excluding tert-OH is 1. The van der Waals surface area contributed by atoms with Crippen molar-refractivity contribution in [3.63, 3.8) is 0 Å². The molecular weight excluding hydrogens is 262 g/mol. The molecular formula is C18H17NO2. The van der Waals surface area contributed by atoms with Gasteiger partial charge >= 0.3 is 0 Å². The highest BCUT2D eigenvalue weighted by molar-refractivity contribution is 5.35. The van der Waals surface area contributed by atoms with E-state index in [4.69, 9.17) is 10.00 Å². The summed E-state index contributed by atoms with van der Waals surface area (Å²) in [5.41, 5.74) is 3.79. The van der Waals surface area contributed by atoms with Gasteiger partial charge in [-0.2, -0.15) is 5.26 Å². The monoisotopic (exact) mass is 279 g/mol. The van der Waals surface area contributed by atoms with Crippen molar-refractivity contribution in [1.29, 1.82) is 5.26 Å². The Bertz CT molecular complexity index is 675. The summed E-state index contributed by atoms with van der Waals surface area (Å²) >= 11 is 0. The minimum Gasteiger partial charge on any atom is -0.388 e. The van der Waals surface area contributed by atoms with Crippen molar-refractivity contribution in [2.75, 3.05) is 6.61 Å². The van der Waals surface area contributed by atoms with Crippen LogP contribution in [0.15, 0.2) is 48.5 Å². The van der Waals surface area contributed by atoms with Crippen LogP contribution in [0.4, 0.5) is 0 Å². The number of aliphatic hydroxyl groups is 1. The number of hydrogen-bond donors (Lipinski definition) is 1. The van der Waals surface area contributed by atoms with Gasteiger partial charge in [0, 0.05) is 6.42 Å². The SMILES string of the molecule is N#Cc1cccc(C(O)CC2OCCc3ccccc32)c1. The third-order valence-corrected chi connectivity index (χ3v) is 3.93. The molecule has 2 aromatic rings. The van der Waals surface area contributed by atoms with Gasteiger partial charge in [-0.25, -0.2) is 0 Å². The fourth-order valence-electron chi connectivity index (χ4n) is 2.83. The normalized spacial score (nSPS) is 18.6. The maximum Gasteiger partial charge on any atom is 0.0991 e. The topological polar surface area (TPSA) is 53.2 Å². The van der Waals surface area contributed by atoms with Crippen LogP contribution in [0.25, 0.3) is 0 Å². The van der Waals surface area contributed by atoms with Crippen LogP contribution in [0.2, 0.25) is 0 Å². The molecule has 0 saturated heterocycles. The summed E-state index contributed by atoms with van der Waals surface area (Å²) in [5.74, 6) is 0. The Balaban J connectivity index is 1.79. The first-order valence-electron chi connectivity index (χ1n) is 7.15. The van der Waals surface area contributed by atoms with Gasteiger partial charge in [0.15, 0.2) is 0 Å². The Morgan fingerprint density at radius 2 is 2.10 bits per heavy atom. The molecule has 0 saturated carbocycles. The number of nitrogens with zero attached hydrogens (tertiary/aromatic N) is 1. The molecule has 2 unspecified atom stereocenters. The highest BCUT2D eigenvalue weighted by atomic mass is 16.5. The molecule has 0 radical (unpaired) electrons. The second-order valence-electron chi connectivity index (χ2n) is 5.30. The number of benzene rings is 2. The van der Waals surface area contributed by atoms with E-state index in [-0.39, 0.29) is 6.10 Å². The molecule has 0 amide bonds. The molecule has 0 bridgehead atoms. The third-order valence-electron chi connectivity index (χ3n) is 3.93. The van der Waals surface area contributed by atoms with Gasteiger partial charge in [0.2, 0.25) is 0 Å². The minimum atomic E-state index is -0.630. The molecule has 2 aromatic carbocycles. The molecule has 106 valence electrons. The van der Waals surface area contributed by atoms with Gasteiger partial charge in [0.05, 0.1) is 30.4 Å². The molecule has 3 nitrogen and oxygen atoms in total. The average molecular weight is 279 g/mol. The van der Waals surface area contributed by atoms with Crippen molar-refractivity contribution in [3.05, 3.63) is 70.8 Å². The van der Waals surface area contributed by atoms with Gasteiger partial charge in [-0.3, -0.25) is 0 Å². The summed E-state index contributed by atoms with van der Waals surface area (Å²) in [4.78, 5) is 0. The highest BCUT2D eigenvalue weighted by Crippen LogP contribution is 2.34. The van der Waals surface area contributed by atoms with Crippen LogP contribution in [-0.4, -0.2) is 11.7 Å². The summed E-state index contributed by atoms with van der Waals surface area (Å²) < 4.78 is 5.83. The second kappa shape index (κ2) is 6.09. The van der Waals surface area contributed by atoms with Gasteiger partial charge in [0.1, 0.15) is 0 Å². The maximum atomic E-state index is 10.4. The van der Waals surface area contributed by atoms with Crippen LogP contribution in [0.1, 0.15) is 40.9 Å². The Morgan fingerprint density at radius 3 is 2.95 bits per heavy atom. The van der Waals surface area contributed by atoms with E-state index < -0.39 is 6.10 Å². The number of hydrogen-bond acceptors (Lipinski definition) is 3. The van der Waals surface area contributed by atoms with Crippen LogP contribution >= 0.6 is 0 Å². The summed E-state index contributed by atoms with van der Waals surface area (Å²) in [7, 11) is 0. The Morgan fingerprint density at radius 1 is 1.24 bits per heavy atom. The zero-order valence-electron chi connectivity index (χ0n) is 11.7. The number of rotatable bonds is 3. The highest BCUT2D eigenvalue weighted by Gasteiger charge is 2.23. The van der Waals surface area contributed by atoms with Crippen LogP contribution in [-0.2, 0) is 11.2 Å². The first kappa shape index (κ1) is 13.8. The number of nitriles is 1. The van der Waals surface area contributed by atoms with E-state index >= 15 is 0 Å². The van der Waals surface area contributed by atoms with E-state index in [0.29, 0.717) is 18.6 Å². The van der Waals surface area contributed by atoms with Gasteiger partial charge < -0.3 is 9.84 Å². The summed E-state index contributed by atoms with van der Waals surface area (Å²) in [6.45, 7) is 0.687. The van der Waals surface area contributed by atoms with Crippen LogP contribution < -0.4 is 0 Å². The molecule has 0 fully saturated rings. The third kappa shape index (κ3) is 2.97. The Kier molecular flexibility index (Phi) is 4.01. The number of fused-ring (bicyclic) bond motifs is 1. The van der Waals surface area contributed by atoms with Gasteiger partial charge in [-0.05, 0) is 35.2 Å². The van der Waals surface area contributed by atoms with E-state index in [0.717, 1.165) is 12.0 Å². The van der Waals surface area contributed by atoms with Crippen molar-refractivity contribution in [1.82, 2.24) is 0 Å². The largest absolute Gasteiger partial charge is 0.388 e. The van der Waals surface area contributed by atoms with Gasteiger partial charge in [-0.1, -0.05) is 36.4 Å².